The third-order valence-corrected chi connectivity index (χ3v) is 6.75. The highest BCUT2D eigenvalue weighted by Crippen LogP contribution is 2.12. The van der Waals surface area contributed by atoms with E-state index in [1.807, 2.05) is 0 Å². The van der Waals surface area contributed by atoms with Gasteiger partial charge in [-0.1, -0.05) is 122 Å². The van der Waals surface area contributed by atoms with E-state index in [1.165, 1.54) is 83.5 Å². The Kier molecular flexibility index (Phi) is 28.7. The smallest absolute Gasteiger partial charge is 0.306 e. The van der Waals surface area contributed by atoms with Crippen molar-refractivity contribution in [3.05, 3.63) is 24.3 Å². The predicted octanol–water partition coefficient (Wildman–Crippen LogP) is 9.17. The van der Waals surface area contributed by atoms with Crippen molar-refractivity contribution in [3.8, 4) is 0 Å². The molecule has 0 saturated heterocycles. The van der Waals surface area contributed by atoms with Crippen molar-refractivity contribution in [2.24, 2.45) is 0 Å². The third-order valence-electron chi connectivity index (χ3n) is 6.75. The maximum atomic E-state index is 12.0. The fraction of sp³-hybridized carbons (Fsp3) is 0.818. The summed E-state index contributed by atoms with van der Waals surface area (Å²) in [7, 11) is 0. The van der Waals surface area contributed by atoms with Crippen LogP contribution in [0.2, 0.25) is 0 Å². The van der Waals surface area contributed by atoms with Crippen molar-refractivity contribution in [1.82, 2.24) is 0 Å². The molecule has 5 heteroatoms. The van der Waals surface area contributed by atoms with Crippen molar-refractivity contribution < 1.29 is 24.2 Å². The van der Waals surface area contributed by atoms with Crippen LogP contribution in [0, 0.1) is 0 Å². The molecule has 0 spiro atoms. The summed E-state index contributed by atoms with van der Waals surface area (Å²) in [5, 5.41) is 9.44. The third kappa shape index (κ3) is 27.4. The number of rotatable bonds is 28. The van der Waals surface area contributed by atoms with E-state index in [0.717, 1.165) is 44.9 Å². The molecule has 5 nitrogen and oxygen atoms in total. The first-order valence-corrected chi connectivity index (χ1v) is 15.9. The largest absolute Gasteiger partial charge is 0.462 e. The van der Waals surface area contributed by atoms with Gasteiger partial charge in [0.1, 0.15) is 6.61 Å². The highest BCUT2D eigenvalue weighted by molar-refractivity contribution is 5.70. The second kappa shape index (κ2) is 29.9. The Morgan fingerprint density at radius 1 is 0.605 bits per heavy atom. The van der Waals surface area contributed by atoms with Gasteiger partial charge in [-0.05, 0) is 44.9 Å². The van der Waals surface area contributed by atoms with Gasteiger partial charge in [-0.3, -0.25) is 9.59 Å². The fourth-order valence-corrected chi connectivity index (χ4v) is 4.29. The molecule has 0 heterocycles. The molecule has 0 radical (unpaired) electrons. The van der Waals surface area contributed by atoms with Gasteiger partial charge >= 0.3 is 11.9 Å². The molecule has 0 aliphatic rings. The van der Waals surface area contributed by atoms with Crippen LogP contribution in [0.5, 0.6) is 0 Å². The first-order chi connectivity index (χ1) is 18.6. The average Bonchev–Trinajstić information content (AvgIpc) is 2.92. The Morgan fingerprint density at radius 3 is 1.61 bits per heavy atom. The summed E-state index contributed by atoms with van der Waals surface area (Å²) in [5.74, 6) is -0.607. The number of carbonyl (C=O) groups is 2. The summed E-state index contributed by atoms with van der Waals surface area (Å²) in [4.78, 5) is 23.9. The van der Waals surface area contributed by atoms with Gasteiger partial charge in [-0.15, -0.1) is 0 Å². The molecule has 0 unspecified atom stereocenters. The van der Waals surface area contributed by atoms with Crippen LogP contribution in [0.4, 0.5) is 0 Å². The number of allylic oxidation sites excluding steroid dienone is 4. The molecule has 0 aromatic heterocycles. The Hall–Kier alpha value is -1.62. The molecule has 38 heavy (non-hydrogen) atoms. The minimum Gasteiger partial charge on any atom is -0.462 e. The lowest BCUT2D eigenvalue weighted by Crippen LogP contribution is -2.28. The molecule has 0 aliphatic heterocycles. The quantitative estimate of drug-likeness (QED) is 0.0613. The summed E-state index contributed by atoms with van der Waals surface area (Å²) >= 11 is 0. The fourth-order valence-electron chi connectivity index (χ4n) is 4.29. The van der Waals surface area contributed by atoms with E-state index in [-0.39, 0.29) is 25.2 Å². The second-order valence-electron chi connectivity index (χ2n) is 10.5. The number of carbonyl (C=O) groups excluding carboxylic acids is 2. The van der Waals surface area contributed by atoms with E-state index in [9.17, 15) is 14.7 Å². The molecule has 1 N–H and O–H groups in total. The zero-order valence-corrected chi connectivity index (χ0v) is 24.9. The van der Waals surface area contributed by atoms with Crippen molar-refractivity contribution in [3.63, 3.8) is 0 Å². The van der Waals surface area contributed by atoms with Crippen LogP contribution >= 0.6 is 0 Å². The van der Waals surface area contributed by atoms with Gasteiger partial charge in [-0.2, -0.15) is 0 Å². The van der Waals surface area contributed by atoms with Crippen molar-refractivity contribution >= 4 is 11.9 Å². The van der Waals surface area contributed by atoms with Crippen LogP contribution in [0.1, 0.15) is 155 Å². The molecular weight excluding hydrogens is 476 g/mol. The summed E-state index contributed by atoms with van der Waals surface area (Å²) in [6, 6.07) is 0. The number of aliphatic hydroxyl groups is 1. The molecular formula is C33H60O5. The van der Waals surface area contributed by atoms with E-state index in [0.29, 0.717) is 12.8 Å². The van der Waals surface area contributed by atoms with Crippen LogP contribution < -0.4 is 0 Å². The summed E-state index contributed by atoms with van der Waals surface area (Å²) in [5.41, 5.74) is 0. The van der Waals surface area contributed by atoms with E-state index < -0.39 is 6.10 Å². The number of unbranched alkanes of at least 4 members (excludes halogenated alkanes) is 16. The molecule has 1 atom stereocenters. The SMILES string of the molecule is CCCCC/C=C/C/C=C/CCCCCCCCCC(=O)OC[C@H](CO)OC(=O)CCCCCCCCC. The Balaban J connectivity index is 3.57. The van der Waals surface area contributed by atoms with Crippen LogP contribution in [-0.2, 0) is 19.1 Å². The predicted molar refractivity (Wildman–Crippen MR) is 159 cm³/mol. The minimum atomic E-state index is -0.766. The van der Waals surface area contributed by atoms with Gasteiger partial charge in [0.05, 0.1) is 6.61 Å². The normalized spacial score (nSPS) is 12.4. The number of aliphatic hydroxyl groups excluding tert-OH is 1. The molecule has 0 aromatic rings. The molecule has 0 bridgehead atoms. The van der Waals surface area contributed by atoms with Crippen LogP contribution in [0.3, 0.4) is 0 Å². The number of hydrogen-bond donors (Lipinski definition) is 1. The summed E-state index contributed by atoms with van der Waals surface area (Å²) in [6.45, 7) is 4.04. The van der Waals surface area contributed by atoms with Crippen LogP contribution in [0.25, 0.3) is 0 Å². The van der Waals surface area contributed by atoms with Gasteiger partial charge in [-0.25, -0.2) is 0 Å². The van der Waals surface area contributed by atoms with Crippen LogP contribution in [0.15, 0.2) is 24.3 Å². The number of ether oxygens (including phenoxy) is 2. The van der Waals surface area contributed by atoms with Gasteiger partial charge in [0, 0.05) is 12.8 Å². The Morgan fingerprint density at radius 2 is 1.05 bits per heavy atom. The Labute approximate surface area is 234 Å². The number of esters is 2. The average molecular weight is 537 g/mol. The van der Waals surface area contributed by atoms with E-state index >= 15 is 0 Å². The maximum absolute atomic E-state index is 12.0. The standard InChI is InChI=1S/C33H60O5/c1-3-5-7-9-11-12-13-14-15-16-17-18-19-20-22-23-25-27-32(35)37-30-31(29-34)38-33(36)28-26-24-21-10-8-6-4-2/h11-12,14-15,31,34H,3-10,13,16-30H2,1-2H3/b12-11+,15-14+/t31-/m0/s1. The van der Waals surface area contributed by atoms with Crippen LogP contribution in [-0.4, -0.2) is 36.4 Å². The minimum absolute atomic E-state index is 0.0677. The molecule has 0 aromatic carbocycles. The first kappa shape index (κ1) is 36.4. The molecule has 0 saturated carbocycles. The van der Waals surface area contributed by atoms with Gasteiger partial charge in [0.15, 0.2) is 6.10 Å². The van der Waals surface area contributed by atoms with E-state index in [1.54, 1.807) is 0 Å². The molecule has 0 aliphatic carbocycles. The summed E-state index contributed by atoms with van der Waals surface area (Å²) in [6.07, 6.45) is 32.4. The molecule has 0 amide bonds. The highest BCUT2D eigenvalue weighted by Gasteiger charge is 2.16. The summed E-state index contributed by atoms with van der Waals surface area (Å²) < 4.78 is 10.5. The molecule has 222 valence electrons. The molecule has 0 rings (SSSR count). The number of hydrogen-bond acceptors (Lipinski definition) is 5. The van der Waals surface area contributed by atoms with Crippen molar-refractivity contribution in [2.75, 3.05) is 13.2 Å². The first-order valence-electron chi connectivity index (χ1n) is 15.9. The lowest BCUT2D eigenvalue weighted by Gasteiger charge is -2.15. The van der Waals surface area contributed by atoms with Crippen molar-refractivity contribution in [2.45, 2.75) is 161 Å². The Bertz CT molecular complexity index is 584. The monoisotopic (exact) mass is 536 g/mol. The second-order valence-corrected chi connectivity index (χ2v) is 10.5. The van der Waals surface area contributed by atoms with Crippen molar-refractivity contribution in [1.29, 1.82) is 0 Å². The lowest BCUT2D eigenvalue weighted by molar-refractivity contribution is -0.161. The maximum Gasteiger partial charge on any atom is 0.306 e. The van der Waals surface area contributed by atoms with Gasteiger partial charge in [0.2, 0.25) is 0 Å². The van der Waals surface area contributed by atoms with E-state index in [2.05, 4.69) is 38.2 Å². The molecule has 0 fully saturated rings. The van der Waals surface area contributed by atoms with Gasteiger partial charge < -0.3 is 14.6 Å². The topological polar surface area (TPSA) is 72.8 Å². The zero-order valence-electron chi connectivity index (χ0n) is 24.9. The van der Waals surface area contributed by atoms with Gasteiger partial charge in [0.25, 0.3) is 0 Å². The zero-order chi connectivity index (χ0) is 27.9. The lowest BCUT2D eigenvalue weighted by atomic mass is 10.1. The highest BCUT2D eigenvalue weighted by atomic mass is 16.6. The van der Waals surface area contributed by atoms with E-state index in [4.69, 9.17) is 9.47 Å².